The molecule has 0 aliphatic rings. The molecule has 0 aliphatic carbocycles. The SMILES string of the molecule is N#Cc1cc(Cl)ncc1Cl. The van der Waals surface area contributed by atoms with Crippen LogP contribution in [0.5, 0.6) is 0 Å². The molecule has 0 aliphatic heterocycles. The lowest BCUT2D eigenvalue weighted by atomic mass is 10.3. The van der Waals surface area contributed by atoms with Gasteiger partial charge in [0.2, 0.25) is 0 Å². The van der Waals surface area contributed by atoms with Gasteiger partial charge in [0.1, 0.15) is 11.2 Å². The molecule has 0 unspecified atom stereocenters. The Bertz CT molecular complexity index is 290. The molecule has 1 heterocycles. The van der Waals surface area contributed by atoms with Gasteiger partial charge in [0.25, 0.3) is 0 Å². The third-order valence-electron chi connectivity index (χ3n) is 0.942. The highest BCUT2D eigenvalue weighted by Gasteiger charge is 1.98. The Balaban J connectivity index is 3.25. The molecule has 1 rings (SSSR count). The molecule has 1 aromatic heterocycles. The van der Waals surface area contributed by atoms with Gasteiger partial charge in [-0.05, 0) is 6.07 Å². The van der Waals surface area contributed by atoms with Gasteiger partial charge in [0.15, 0.2) is 0 Å². The number of halogens is 2. The summed E-state index contributed by atoms with van der Waals surface area (Å²) in [5.41, 5.74) is 0.349. The van der Waals surface area contributed by atoms with E-state index in [1.54, 1.807) is 0 Å². The molecule has 0 amide bonds. The van der Waals surface area contributed by atoms with Crippen molar-refractivity contribution in [2.75, 3.05) is 0 Å². The monoisotopic (exact) mass is 172 g/mol. The van der Waals surface area contributed by atoms with Gasteiger partial charge in [-0.25, -0.2) is 4.98 Å². The second kappa shape index (κ2) is 2.87. The van der Waals surface area contributed by atoms with E-state index in [0.717, 1.165) is 0 Å². The second-order valence-corrected chi connectivity index (χ2v) is 2.39. The number of pyridine rings is 1. The molecule has 0 aromatic carbocycles. The molecule has 0 bridgehead atoms. The summed E-state index contributed by atoms with van der Waals surface area (Å²) in [5, 5.41) is 9.03. The normalized spacial score (nSPS) is 8.90. The Morgan fingerprint density at radius 1 is 1.50 bits per heavy atom. The fraction of sp³-hybridized carbons (Fsp3) is 0. The van der Waals surface area contributed by atoms with Gasteiger partial charge >= 0.3 is 0 Å². The molecular weight excluding hydrogens is 171 g/mol. The predicted molar refractivity (Wildman–Crippen MR) is 39.0 cm³/mol. The third kappa shape index (κ3) is 1.38. The minimum absolute atomic E-state index is 0.279. The zero-order valence-electron chi connectivity index (χ0n) is 4.81. The van der Waals surface area contributed by atoms with Crippen molar-refractivity contribution in [2.45, 2.75) is 0 Å². The first-order chi connectivity index (χ1) is 4.74. The van der Waals surface area contributed by atoms with Crippen LogP contribution in [0.4, 0.5) is 0 Å². The summed E-state index contributed by atoms with van der Waals surface area (Å²) in [7, 11) is 0. The van der Waals surface area contributed by atoms with E-state index in [2.05, 4.69) is 4.98 Å². The van der Waals surface area contributed by atoms with Crippen molar-refractivity contribution in [3.63, 3.8) is 0 Å². The number of aromatic nitrogens is 1. The number of hydrogen-bond donors (Lipinski definition) is 0. The highest BCUT2D eigenvalue weighted by molar-refractivity contribution is 6.33. The van der Waals surface area contributed by atoms with E-state index >= 15 is 0 Å². The maximum atomic E-state index is 8.42. The molecule has 0 fully saturated rings. The maximum Gasteiger partial charge on any atom is 0.130 e. The van der Waals surface area contributed by atoms with E-state index in [9.17, 15) is 0 Å². The van der Waals surface area contributed by atoms with Gasteiger partial charge in [-0.1, -0.05) is 23.2 Å². The van der Waals surface area contributed by atoms with Crippen molar-refractivity contribution >= 4 is 23.2 Å². The van der Waals surface area contributed by atoms with Crippen LogP contribution in [-0.4, -0.2) is 4.98 Å². The standard InChI is InChI=1S/C6H2Cl2N2/c7-5-3-10-6(8)1-4(5)2-9/h1,3H. The van der Waals surface area contributed by atoms with Crippen molar-refractivity contribution < 1.29 is 0 Å². The fourth-order valence-electron chi connectivity index (χ4n) is 0.499. The topological polar surface area (TPSA) is 36.7 Å². The molecule has 0 N–H and O–H groups in total. The quantitative estimate of drug-likeness (QED) is 0.564. The number of nitrogens with zero attached hydrogens (tertiary/aromatic N) is 2. The first kappa shape index (κ1) is 7.33. The Morgan fingerprint density at radius 3 is 2.70 bits per heavy atom. The van der Waals surface area contributed by atoms with Crippen molar-refractivity contribution in [3.8, 4) is 6.07 Å². The predicted octanol–water partition coefficient (Wildman–Crippen LogP) is 2.26. The fourth-order valence-corrected chi connectivity index (χ4v) is 0.802. The summed E-state index contributed by atoms with van der Waals surface area (Å²) >= 11 is 11.0. The Morgan fingerprint density at radius 2 is 2.20 bits per heavy atom. The molecule has 2 nitrogen and oxygen atoms in total. The zero-order valence-corrected chi connectivity index (χ0v) is 6.32. The summed E-state index contributed by atoms with van der Waals surface area (Å²) < 4.78 is 0. The lowest BCUT2D eigenvalue weighted by molar-refractivity contribution is 1.31. The molecule has 50 valence electrons. The van der Waals surface area contributed by atoms with Crippen LogP contribution in [0.2, 0.25) is 10.2 Å². The van der Waals surface area contributed by atoms with E-state index in [0.29, 0.717) is 10.6 Å². The van der Waals surface area contributed by atoms with Crippen molar-refractivity contribution in [1.82, 2.24) is 4.98 Å². The smallest absolute Gasteiger partial charge is 0.130 e. The zero-order chi connectivity index (χ0) is 7.56. The number of hydrogen-bond acceptors (Lipinski definition) is 2. The van der Waals surface area contributed by atoms with Gasteiger partial charge in [-0.15, -0.1) is 0 Å². The van der Waals surface area contributed by atoms with E-state index in [4.69, 9.17) is 28.5 Å². The van der Waals surface area contributed by atoms with Crippen LogP contribution in [0.1, 0.15) is 5.56 Å². The Labute approximate surface area is 68.0 Å². The lowest BCUT2D eigenvalue weighted by Crippen LogP contribution is -1.79. The third-order valence-corrected chi connectivity index (χ3v) is 1.45. The van der Waals surface area contributed by atoms with Crippen LogP contribution < -0.4 is 0 Å². The van der Waals surface area contributed by atoms with Crippen LogP contribution in [-0.2, 0) is 0 Å². The average molecular weight is 173 g/mol. The minimum Gasteiger partial charge on any atom is -0.243 e. The maximum absolute atomic E-state index is 8.42. The van der Waals surface area contributed by atoms with Gasteiger partial charge in [0, 0.05) is 6.20 Å². The van der Waals surface area contributed by atoms with Gasteiger partial charge in [0.05, 0.1) is 10.6 Å². The minimum atomic E-state index is 0.279. The molecule has 0 saturated heterocycles. The highest BCUT2D eigenvalue weighted by atomic mass is 35.5. The second-order valence-electron chi connectivity index (χ2n) is 1.60. The summed E-state index contributed by atoms with van der Waals surface area (Å²) in [4.78, 5) is 3.67. The molecule has 0 atom stereocenters. The molecule has 4 heteroatoms. The molecule has 10 heavy (non-hydrogen) atoms. The first-order valence-electron chi connectivity index (χ1n) is 2.45. The molecule has 0 radical (unpaired) electrons. The number of nitriles is 1. The number of rotatable bonds is 0. The van der Waals surface area contributed by atoms with Crippen molar-refractivity contribution in [2.24, 2.45) is 0 Å². The summed E-state index contributed by atoms with van der Waals surface area (Å²) in [6.45, 7) is 0. The van der Waals surface area contributed by atoms with Gasteiger partial charge in [-0.2, -0.15) is 5.26 Å². The van der Waals surface area contributed by atoms with E-state index in [1.165, 1.54) is 12.3 Å². The lowest BCUT2D eigenvalue weighted by Gasteiger charge is -1.91. The largest absolute Gasteiger partial charge is 0.243 e. The molecule has 1 aromatic rings. The van der Waals surface area contributed by atoms with Crippen LogP contribution in [0.15, 0.2) is 12.3 Å². The van der Waals surface area contributed by atoms with Crippen molar-refractivity contribution in [3.05, 3.63) is 28.0 Å². The summed E-state index contributed by atoms with van der Waals surface area (Å²) in [5.74, 6) is 0. The average Bonchev–Trinajstić information content (AvgIpc) is 1.94. The van der Waals surface area contributed by atoms with Gasteiger partial charge < -0.3 is 0 Å². The Kier molecular flexibility index (Phi) is 2.10. The molecule has 0 saturated carbocycles. The van der Waals surface area contributed by atoms with E-state index in [-0.39, 0.29) is 5.15 Å². The van der Waals surface area contributed by atoms with Gasteiger partial charge in [-0.3, -0.25) is 0 Å². The molecular formula is C6H2Cl2N2. The first-order valence-corrected chi connectivity index (χ1v) is 3.21. The highest BCUT2D eigenvalue weighted by Crippen LogP contribution is 2.16. The summed E-state index contributed by atoms with van der Waals surface area (Å²) in [6.07, 6.45) is 1.35. The van der Waals surface area contributed by atoms with Crippen molar-refractivity contribution in [1.29, 1.82) is 5.26 Å². The van der Waals surface area contributed by atoms with Crippen LogP contribution in [0.3, 0.4) is 0 Å². The van der Waals surface area contributed by atoms with Crippen LogP contribution in [0.25, 0.3) is 0 Å². The van der Waals surface area contributed by atoms with E-state index in [1.807, 2.05) is 6.07 Å². The molecule has 0 spiro atoms. The Hall–Kier alpha value is -0.780. The van der Waals surface area contributed by atoms with E-state index < -0.39 is 0 Å². The van der Waals surface area contributed by atoms with Crippen LogP contribution >= 0.6 is 23.2 Å². The van der Waals surface area contributed by atoms with Crippen LogP contribution in [0, 0.1) is 11.3 Å². The summed E-state index contributed by atoms with van der Waals surface area (Å²) in [6, 6.07) is 3.30.